The standard InChI is InChI=1S/C29H36NO8PS.K/c1-21-16-22(2)27(28(34)39(35,24-10-6-4-7-11-24)25-12-8-5-9-13-25)23(3)26(21)17-30(14-15-40(36,37)38)29(18-31,19-32)20-33;/h4-13,16,31-33H,14-15,17-20H2,1-3H3,(H,36,37,38);/q;+1/p-1. The molecule has 41 heavy (non-hydrogen) atoms. The Balaban J connectivity index is 0.00000588. The van der Waals surface area contributed by atoms with E-state index in [0.717, 1.165) is 5.56 Å². The molecule has 0 aliphatic heterocycles. The van der Waals surface area contributed by atoms with Crippen molar-refractivity contribution < 1.29 is 89.0 Å². The van der Waals surface area contributed by atoms with E-state index in [-0.39, 0.29) is 70.0 Å². The molecule has 0 fully saturated rings. The molecule has 0 radical (unpaired) electrons. The van der Waals surface area contributed by atoms with Gasteiger partial charge in [0, 0.05) is 29.3 Å². The quantitative estimate of drug-likeness (QED) is 0.121. The van der Waals surface area contributed by atoms with Crippen LogP contribution in [-0.2, 0) is 21.2 Å². The minimum Gasteiger partial charge on any atom is -0.748 e. The van der Waals surface area contributed by atoms with Crippen LogP contribution in [0.1, 0.15) is 32.6 Å². The van der Waals surface area contributed by atoms with Gasteiger partial charge in [0.1, 0.15) is 0 Å². The summed E-state index contributed by atoms with van der Waals surface area (Å²) in [6.07, 6.45) is 0. The summed E-state index contributed by atoms with van der Waals surface area (Å²) in [5.74, 6) is -0.818. The number of hydrogen-bond acceptors (Lipinski definition) is 9. The fourth-order valence-corrected chi connectivity index (χ4v) is 8.02. The predicted octanol–water partition coefficient (Wildman–Crippen LogP) is -1.17. The molecule has 0 aromatic heterocycles. The number of carbonyl (C=O) groups excluding carboxylic acids is 1. The molecule has 216 valence electrons. The molecule has 0 spiro atoms. The Morgan fingerprint density at radius 3 is 1.76 bits per heavy atom. The third-order valence-electron chi connectivity index (χ3n) is 7.38. The van der Waals surface area contributed by atoms with Crippen molar-refractivity contribution in [3.05, 3.63) is 94.5 Å². The summed E-state index contributed by atoms with van der Waals surface area (Å²) < 4.78 is 49.1. The first kappa shape index (κ1) is 36.1. The summed E-state index contributed by atoms with van der Waals surface area (Å²) in [6.45, 7) is 2.61. The third-order valence-corrected chi connectivity index (χ3v) is 10.9. The van der Waals surface area contributed by atoms with Gasteiger partial charge in [-0.1, -0.05) is 66.7 Å². The van der Waals surface area contributed by atoms with Crippen LogP contribution in [-0.4, -0.2) is 76.4 Å². The molecule has 3 N–H and O–H groups in total. The van der Waals surface area contributed by atoms with Gasteiger partial charge < -0.3 is 24.4 Å². The summed E-state index contributed by atoms with van der Waals surface area (Å²) in [5.41, 5.74) is 0.419. The molecule has 9 nitrogen and oxygen atoms in total. The Labute approximate surface area is 284 Å². The second kappa shape index (κ2) is 15.1. The van der Waals surface area contributed by atoms with Crippen LogP contribution in [0.3, 0.4) is 0 Å². The zero-order valence-electron chi connectivity index (χ0n) is 23.8. The molecule has 0 saturated carbocycles. The van der Waals surface area contributed by atoms with E-state index < -0.39 is 53.9 Å². The van der Waals surface area contributed by atoms with Gasteiger partial charge >= 0.3 is 51.4 Å². The van der Waals surface area contributed by atoms with Gasteiger partial charge in [-0.05, 0) is 43.0 Å². The maximum atomic E-state index is 14.8. The molecule has 0 aliphatic rings. The first-order chi connectivity index (χ1) is 18.8. The van der Waals surface area contributed by atoms with Crippen molar-refractivity contribution in [1.29, 1.82) is 0 Å². The Morgan fingerprint density at radius 2 is 1.34 bits per heavy atom. The second-order valence-electron chi connectivity index (χ2n) is 9.96. The molecule has 0 unspecified atom stereocenters. The topological polar surface area (TPSA) is 155 Å². The van der Waals surface area contributed by atoms with Crippen LogP contribution in [0.2, 0.25) is 0 Å². The first-order valence-corrected chi connectivity index (χ1v) is 16.0. The maximum absolute atomic E-state index is 14.8. The zero-order chi connectivity index (χ0) is 29.7. The number of rotatable bonds is 13. The number of carbonyl (C=O) groups is 1. The van der Waals surface area contributed by atoms with Crippen molar-refractivity contribution in [3.8, 4) is 0 Å². The van der Waals surface area contributed by atoms with Crippen LogP contribution in [0, 0.1) is 20.8 Å². The molecule has 0 aliphatic carbocycles. The van der Waals surface area contributed by atoms with Crippen molar-refractivity contribution >= 4 is 33.4 Å². The molecule has 0 amide bonds. The number of benzene rings is 3. The molecule has 3 rings (SSSR count). The SMILES string of the molecule is Cc1cc(C)c(C(=O)P(=O)(c2ccccc2)c2ccccc2)c(C)c1CN(CCS(=O)(=O)[O-])C(CO)(CO)CO.[K+]. The van der Waals surface area contributed by atoms with Gasteiger partial charge in [0.25, 0.3) is 0 Å². The number of aryl methyl sites for hydroxylation is 2. The van der Waals surface area contributed by atoms with Crippen molar-refractivity contribution in [1.82, 2.24) is 4.90 Å². The van der Waals surface area contributed by atoms with E-state index in [0.29, 0.717) is 27.3 Å². The summed E-state index contributed by atoms with van der Waals surface area (Å²) in [5, 5.41) is 30.9. The van der Waals surface area contributed by atoms with E-state index in [1.165, 1.54) is 4.90 Å². The van der Waals surface area contributed by atoms with E-state index in [1.54, 1.807) is 87.5 Å². The monoisotopic (exact) mass is 627 g/mol. The number of nitrogens with zero attached hydrogens (tertiary/aromatic N) is 1. The van der Waals surface area contributed by atoms with Gasteiger partial charge in [-0.2, -0.15) is 0 Å². The van der Waals surface area contributed by atoms with Crippen molar-refractivity contribution in [2.45, 2.75) is 32.9 Å². The molecule has 12 heteroatoms. The van der Waals surface area contributed by atoms with Gasteiger partial charge in [0.05, 0.1) is 41.2 Å². The van der Waals surface area contributed by atoms with Gasteiger partial charge in [0.2, 0.25) is 12.7 Å². The fourth-order valence-electron chi connectivity index (χ4n) is 4.96. The summed E-state index contributed by atoms with van der Waals surface area (Å²) in [4.78, 5) is 15.7. The normalized spacial score (nSPS) is 12.3. The van der Waals surface area contributed by atoms with Gasteiger partial charge in [-0.15, -0.1) is 0 Å². The van der Waals surface area contributed by atoms with E-state index >= 15 is 0 Å². The molecule has 3 aromatic rings. The predicted molar refractivity (Wildman–Crippen MR) is 154 cm³/mol. The fraction of sp³-hybridized carbons (Fsp3) is 0.345. The van der Waals surface area contributed by atoms with E-state index in [1.807, 2.05) is 0 Å². The largest absolute Gasteiger partial charge is 1.00 e. The molecule has 0 heterocycles. The minimum absolute atomic E-state index is 0. The smallest absolute Gasteiger partial charge is 0.748 e. The van der Waals surface area contributed by atoms with Crippen molar-refractivity contribution in [2.75, 3.05) is 32.1 Å². The average molecular weight is 628 g/mol. The first-order valence-electron chi connectivity index (χ1n) is 12.7. The van der Waals surface area contributed by atoms with E-state index in [9.17, 15) is 37.6 Å². The molecule has 0 bridgehead atoms. The molecule has 3 aromatic carbocycles. The van der Waals surface area contributed by atoms with Gasteiger partial charge in [-0.25, -0.2) is 8.42 Å². The molecule has 0 saturated heterocycles. The van der Waals surface area contributed by atoms with Crippen molar-refractivity contribution in [2.24, 2.45) is 0 Å². The zero-order valence-corrected chi connectivity index (χ0v) is 28.6. The van der Waals surface area contributed by atoms with Crippen LogP contribution < -0.4 is 62.0 Å². The Hall–Kier alpha value is -1.05. The molecule has 0 atom stereocenters. The van der Waals surface area contributed by atoms with Crippen LogP contribution in [0.5, 0.6) is 0 Å². The Kier molecular flexibility index (Phi) is 13.3. The number of hydrogen-bond donors (Lipinski definition) is 3. The number of aliphatic hydroxyl groups is 3. The maximum Gasteiger partial charge on any atom is 1.00 e. The summed E-state index contributed by atoms with van der Waals surface area (Å²) in [7, 11) is -8.49. The summed E-state index contributed by atoms with van der Waals surface area (Å²) in [6, 6.07) is 18.8. The van der Waals surface area contributed by atoms with Gasteiger partial charge in [-0.3, -0.25) is 9.69 Å². The van der Waals surface area contributed by atoms with Crippen molar-refractivity contribution in [3.63, 3.8) is 0 Å². The Bertz CT molecular complexity index is 1440. The molecular weight excluding hydrogens is 592 g/mol. The van der Waals surface area contributed by atoms with Crippen LogP contribution in [0.25, 0.3) is 0 Å². The number of aliphatic hydroxyl groups excluding tert-OH is 3. The molecular formula is C29H35KNO8PS. The van der Waals surface area contributed by atoms with Gasteiger partial charge in [0.15, 0.2) is 0 Å². The van der Waals surface area contributed by atoms with E-state index in [2.05, 4.69) is 0 Å². The minimum atomic E-state index is -4.65. The van der Waals surface area contributed by atoms with Crippen LogP contribution >= 0.6 is 7.14 Å². The van der Waals surface area contributed by atoms with Crippen LogP contribution in [0.15, 0.2) is 66.7 Å². The van der Waals surface area contributed by atoms with E-state index in [4.69, 9.17) is 0 Å². The van der Waals surface area contributed by atoms with Crippen LogP contribution in [0.4, 0.5) is 0 Å². The Morgan fingerprint density at radius 1 is 0.878 bits per heavy atom. The third kappa shape index (κ3) is 7.92. The second-order valence-corrected chi connectivity index (χ2v) is 14.1. The average Bonchev–Trinajstić information content (AvgIpc) is 2.94. The summed E-state index contributed by atoms with van der Waals surface area (Å²) >= 11 is 0.